The van der Waals surface area contributed by atoms with Crippen molar-refractivity contribution in [2.75, 3.05) is 45.8 Å². The average molecular weight is 695 g/mol. The van der Waals surface area contributed by atoms with Gasteiger partial charge in [-0.05, 0) is 138 Å². The predicted octanol–water partition coefficient (Wildman–Crippen LogP) is 7.78. The van der Waals surface area contributed by atoms with Crippen LogP contribution in [0, 0.1) is 35.4 Å². The Hall–Kier alpha value is -3.93. The van der Waals surface area contributed by atoms with Gasteiger partial charge < -0.3 is 19.9 Å². The Labute approximate surface area is 303 Å². The van der Waals surface area contributed by atoms with Crippen LogP contribution in [0.5, 0.6) is 0 Å². The summed E-state index contributed by atoms with van der Waals surface area (Å²) in [7, 11) is 0. The molecule has 3 aliphatic rings. The molecule has 3 fully saturated rings. The molecule has 3 aliphatic heterocycles. The second kappa shape index (κ2) is 16.6. The topological polar surface area (TPSA) is 65.1 Å². The van der Waals surface area contributed by atoms with Crippen LogP contribution in [-0.4, -0.2) is 78.1 Å². The highest BCUT2D eigenvalue weighted by Crippen LogP contribution is 2.33. The molecule has 3 heterocycles. The molecule has 3 saturated heterocycles. The number of ether oxygens (including phenoxy) is 1. The highest BCUT2D eigenvalue weighted by atomic mass is 19.1. The summed E-state index contributed by atoms with van der Waals surface area (Å²) in [6, 6.07) is 19.7. The number of nitrogens with zero attached hydrogens (tertiary/aromatic N) is 3. The van der Waals surface area contributed by atoms with E-state index in [1.165, 1.54) is 28.5 Å². The number of halogens is 1. The predicted molar refractivity (Wildman–Crippen MR) is 201 cm³/mol. The Morgan fingerprint density at radius 3 is 2.27 bits per heavy atom. The SMILES string of the molecule is CC(c1ccc(C#CC2CCN(CC3CCN(C(=O)OC(C)(C)C)CC3)CC2)c2ccccc12)N1CCC(C(=O)NCc2cccc(F)c2)CC1. The fourth-order valence-corrected chi connectivity index (χ4v) is 7.95. The van der Waals surface area contributed by atoms with Gasteiger partial charge in [0.05, 0.1) is 0 Å². The van der Waals surface area contributed by atoms with Crippen LogP contribution in [0.25, 0.3) is 10.8 Å². The molecule has 0 aliphatic carbocycles. The minimum atomic E-state index is -0.452. The molecule has 272 valence electrons. The average Bonchev–Trinajstić information content (AvgIpc) is 3.13. The highest BCUT2D eigenvalue weighted by molar-refractivity contribution is 5.91. The Morgan fingerprint density at radius 2 is 1.59 bits per heavy atom. The summed E-state index contributed by atoms with van der Waals surface area (Å²) in [5, 5.41) is 5.47. The third-order valence-corrected chi connectivity index (χ3v) is 11.0. The lowest BCUT2D eigenvalue weighted by Gasteiger charge is -2.37. The number of likely N-dealkylation sites (tertiary alicyclic amines) is 3. The van der Waals surface area contributed by atoms with Crippen LogP contribution >= 0.6 is 0 Å². The van der Waals surface area contributed by atoms with Crippen molar-refractivity contribution in [3.63, 3.8) is 0 Å². The quantitative estimate of drug-likeness (QED) is 0.256. The van der Waals surface area contributed by atoms with Crippen LogP contribution < -0.4 is 5.32 Å². The van der Waals surface area contributed by atoms with Crippen molar-refractivity contribution in [1.29, 1.82) is 0 Å². The lowest BCUT2D eigenvalue weighted by molar-refractivity contribution is -0.126. The van der Waals surface area contributed by atoms with E-state index in [0.717, 1.165) is 95.5 Å². The molecule has 0 spiro atoms. The van der Waals surface area contributed by atoms with Crippen molar-refractivity contribution in [3.8, 4) is 11.8 Å². The zero-order valence-corrected chi connectivity index (χ0v) is 30.9. The molecule has 0 aromatic heterocycles. The van der Waals surface area contributed by atoms with E-state index < -0.39 is 5.60 Å². The number of benzene rings is 3. The van der Waals surface area contributed by atoms with Crippen molar-refractivity contribution in [2.45, 2.75) is 84.4 Å². The van der Waals surface area contributed by atoms with Crippen LogP contribution in [0.1, 0.15) is 89.0 Å². The van der Waals surface area contributed by atoms with Gasteiger partial charge in [-0.15, -0.1) is 0 Å². The third kappa shape index (κ3) is 9.90. The Kier molecular flexibility index (Phi) is 12.0. The lowest BCUT2D eigenvalue weighted by Crippen LogP contribution is -2.44. The van der Waals surface area contributed by atoms with Gasteiger partial charge in [0.2, 0.25) is 5.91 Å². The van der Waals surface area contributed by atoms with E-state index in [1.807, 2.05) is 31.7 Å². The molecule has 2 amide bonds. The number of rotatable bonds is 7. The summed E-state index contributed by atoms with van der Waals surface area (Å²) in [5.74, 6) is 8.01. The van der Waals surface area contributed by atoms with E-state index in [9.17, 15) is 14.0 Å². The first-order valence-electron chi connectivity index (χ1n) is 19.0. The highest BCUT2D eigenvalue weighted by Gasteiger charge is 2.30. The van der Waals surface area contributed by atoms with Gasteiger partial charge in [-0.3, -0.25) is 9.69 Å². The molecule has 51 heavy (non-hydrogen) atoms. The number of nitrogens with one attached hydrogen (secondary N) is 1. The van der Waals surface area contributed by atoms with Gasteiger partial charge in [-0.2, -0.15) is 0 Å². The summed E-state index contributed by atoms with van der Waals surface area (Å²) >= 11 is 0. The monoisotopic (exact) mass is 694 g/mol. The molecule has 8 heteroatoms. The first kappa shape index (κ1) is 36.8. The van der Waals surface area contributed by atoms with Crippen molar-refractivity contribution in [2.24, 2.45) is 17.8 Å². The Balaban J connectivity index is 0.984. The van der Waals surface area contributed by atoms with E-state index in [4.69, 9.17) is 4.74 Å². The van der Waals surface area contributed by atoms with Gasteiger partial charge in [0.1, 0.15) is 11.4 Å². The zero-order valence-electron chi connectivity index (χ0n) is 30.9. The van der Waals surface area contributed by atoms with Gasteiger partial charge in [-0.25, -0.2) is 9.18 Å². The zero-order chi connectivity index (χ0) is 36.0. The largest absolute Gasteiger partial charge is 0.444 e. The molecule has 0 saturated carbocycles. The standard InChI is InChI=1S/C43H55FN4O3/c1-31(47-26-20-36(21-27-47)41(49)45-29-34-8-7-9-37(44)28-34)38-15-14-35(39-10-5-6-11-40(38)39)13-12-32-16-22-46(23-17-32)30-33-18-24-48(25-19-33)42(50)51-43(2,3)4/h5-11,14-15,28,31-33,36H,16-27,29-30H2,1-4H3,(H,45,49). The van der Waals surface area contributed by atoms with Gasteiger partial charge in [-0.1, -0.05) is 54.3 Å². The molecule has 1 unspecified atom stereocenters. The molecule has 3 aromatic carbocycles. The number of hydrogen-bond donors (Lipinski definition) is 1. The summed E-state index contributed by atoms with van der Waals surface area (Å²) < 4.78 is 19.1. The smallest absolute Gasteiger partial charge is 0.410 e. The molecular weight excluding hydrogens is 639 g/mol. The number of hydrogen-bond acceptors (Lipinski definition) is 5. The van der Waals surface area contributed by atoms with E-state index in [1.54, 1.807) is 6.07 Å². The van der Waals surface area contributed by atoms with Crippen molar-refractivity contribution >= 4 is 22.8 Å². The minimum absolute atomic E-state index is 0.0210. The summed E-state index contributed by atoms with van der Waals surface area (Å²) in [6.45, 7) is 14.9. The van der Waals surface area contributed by atoms with E-state index in [2.05, 4.69) is 70.3 Å². The van der Waals surface area contributed by atoms with Crippen LogP contribution in [0.3, 0.4) is 0 Å². The van der Waals surface area contributed by atoms with Crippen LogP contribution in [0.15, 0.2) is 60.7 Å². The summed E-state index contributed by atoms with van der Waals surface area (Å²) in [5.41, 5.74) is 2.72. The Bertz CT molecular complexity index is 1720. The van der Waals surface area contributed by atoms with E-state index in [-0.39, 0.29) is 29.8 Å². The lowest BCUT2D eigenvalue weighted by atomic mass is 9.91. The van der Waals surface area contributed by atoms with Crippen molar-refractivity contribution in [3.05, 3.63) is 83.2 Å². The fraction of sp³-hybridized carbons (Fsp3) is 0.535. The third-order valence-electron chi connectivity index (χ3n) is 11.0. The Morgan fingerprint density at radius 1 is 0.882 bits per heavy atom. The molecule has 1 atom stereocenters. The molecule has 7 nitrogen and oxygen atoms in total. The summed E-state index contributed by atoms with van der Waals surface area (Å²) in [6.07, 6.45) is 5.70. The van der Waals surface area contributed by atoms with Crippen LogP contribution in [0.4, 0.5) is 9.18 Å². The number of amides is 2. The van der Waals surface area contributed by atoms with Gasteiger partial charge in [0.15, 0.2) is 0 Å². The molecule has 6 rings (SSSR count). The van der Waals surface area contributed by atoms with Gasteiger partial charge >= 0.3 is 6.09 Å². The molecule has 0 radical (unpaired) electrons. The minimum Gasteiger partial charge on any atom is -0.444 e. The summed E-state index contributed by atoms with van der Waals surface area (Å²) in [4.78, 5) is 32.3. The second-order valence-corrected chi connectivity index (χ2v) is 15.8. The van der Waals surface area contributed by atoms with Crippen molar-refractivity contribution < 1.29 is 18.7 Å². The number of piperidine rings is 3. The van der Waals surface area contributed by atoms with Crippen molar-refractivity contribution in [1.82, 2.24) is 20.0 Å². The number of fused-ring (bicyclic) bond motifs is 1. The molecule has 1 N–H and O–H groups in total. The maximum atomic E-state index is 13.5. The van der Waals surface area contributed by atoms with Gasteiger partial charge in [0.25, 0.3) is 0 Å². The van der Waals surface area contributed by atoms with Gasteiger partial charge in [0, 0.05) is 49.6 Å². The molecule has 3 aromatic rings. The first-order valence-corrected chi connectivity index (χ1v) is 19.0. The molecular formula is C43H55FN4O3. The number of carbonyl (C=O) groups is 2. The fourth-order valence-electron chi connectivity index (χ4n) is 7.95. The molecule has 0 bridgehead atoms. The normalized spacial score (nSPS) is 19.4. The second-order valence-electron chi connectivity index (χ2n) is 15.8. The number of carbonyl (C=O) groups excluding carboxylic acids is 2. The maximum absolute atomic E-state index is 13.5. The maximum Gasteiger partial charge on any atom is 0.410 e. The van der Waals surface area contributed by atoms with Crippen LogP contribution in [0.2, 0.25) is 0 Å². The van der Waals surface area contributed by atoms with E-state index >= 15 is 0 Å². The first-order chi connectivity index (χ1) is 24.5. The van der Waals surface area contributed by atoms with Crippen LogP contribution in [-0.2, 0) is 16.1 Å². The van der Waals surface area contributed by atoms with E-state index in [0.29, 0.717) is 18.4 Å².